The highest BCUT2D eigenvalue weighted by Crippen LogP contribution is 2.33. The smallest absolute Gasteiger partial charge is 0.0482 e. The summed E-state index contributed by atoms with van der Waals surface area (Å²) >= 11 is 0. The summed E-state index contributed by atoms with van der Waals surface area (Å²) in [4.78, 5) is 6.28. The van der Waals surface area contributed by atoms with Crippen molar-refractivity contribution in [2.24, 2.45) is 16.3 Å². The monoisotopic (exact) mass is 353 g/mol. The Morgan fingerprint density at radius 3 is 2.40 bits per heavy atom. The number of likely N-dealkylation sites (N-methyl/N-ethyl adjacent to an activating group) is 2. The number of aliphatic hydroxyl groups is 1. The SMILES string of the molecule is C/C=C(\C=NC)CN(C)CCNC.CC(C)(CO)CC1CCCCC1. The van der Waals surface area contributed by atoms with Gasteiger partial charge in [-0.2, -0.15) is 0 Å². The number of nitrogens with zero attached hydrogens (tertiary/aromatic N) is 2. The Bertz CT molecular complexity index is 371. The highest BCUT2D eigenvalue weighted by molar-refractivity contribution is 5.78. The van der Waals surface area contributed by atoms with Gasteiger partial charge in [0.05, 0.1) is 0 Å². The fraction of sp³-hybridized carbons (Fsp3) is 0.857. The van der Waals surface area contributed by atoms with E-state index in [4.69, 9.17) is 5.11 Å². The van der Waals surface area contributed by atoms with Crippen LogP contribution in [0.25, 0.3) is 0 Å². The van der Waals surface area contributed by atoms with Gasteiger partial charge in [0.1, 0.15) is 0 Å². The molecule has 0 aromatic carbocycles. The van der Waals surface area contributed by atoms with Crippen LogP contribution in [0.1, 0.15) is 59.3 Å². The molecule has 1 fully saturated rings. The summed E-state index contributed by atoms with van der Waals surface area (Å²) in [6.45, 7) is 9.77. The number of hydrogen-bond acceptors (Lipinski definition) is 4. The van der Waals surface area contributed by atoms with Crippen LogP contribution in [0.5, 0.6) is 0 Å². The van der Waals surface area contributed by atoms with E-state index in [1.165, 1.54) is 44.1 Å². The Balaban J connectivity index is 0.000000462. The molecule has 0 atom stereocenters. The molecule has 1 aliphatic rings. The lowest BCUT2D eigenvalue weighted by atomic mass is 9.77. The summed E-state index contributed by atoms with van der Waals surface area (Å²) in [5.41, 5.74) is 1.42. The fourth-order valence-corrected chi connectivity index (χ4v) is 3.30. The van der Waals surface area contributed by atoms with Crippen LogP contribution < -0.4 is 5.32 Å². The third kappa shape index (κ3) is 13.2. The summed E-state index contributed by atoms with van der Waals surface area (Å²) in [6.07, 6.45) is 12.3. The van der Waals surface area contributed by atoms with Crippen LogP contribution in [-0.4, -0.2) is 63.6 Å². The Kier molecular flexibility index (Phi) is 14.0. The normalized spacial score (nSPS) is 17.0. The van der Waals surface area contributed by atoms with E-state index in [9.17, 15) is 0 Å². The summed E-state index contributed by atoms with van der Waals surface area (Å²) in [7, 11) is 5.89. The van der Waals surface area contributed by atoms with Gasteiger partial charge in [-0.05, 0) is 44.3 Å². The van der Waals surface area contributed by atoms with Gasteiger partial charge < -0.3 is 15.3 Å². The van der Waals surface area contributed by atoms with Crippen LogP contribution in [-0.2, 0) is 0 Å². The predicted molar refractivity (Wildman–Crippen MR) is 112 cm³/mol. The maximum absolute atomic E-state index is 9.12. The second kappa shape index (κ2) is 14.5. The molecule has 1 saturated carbocycles. The maximum atomic E-state index is 9.12. The molecule has 0 amide bonds. The van der Waals surface area contributed by atoms with Crippen LogP contribution in [0.2, 0.25) is 0 Å². The second-order valence-corrected chi connectivity index (χ2v) is 8.12. The van der Waals surface area contributed by atoms with Gasteiger partial charge in [0.15, 0.2) is 0 Å². The van der Waals surface area contributed by atoms with Crippen LogP contribution in [0.15, 0.2) is 16.6 Å². The molecule has 4 heteroatoms. The first kappa shape index (κ1) is 24.3. The molecule has 4 nitrogen and oxygen atoms in total. The van der Waals surface area contributed by atoms with Gasteiger partial charge in [-0.25, -0.2) is 0 Å². The van der Waals surface area contributed by atoms with Crippen molar-refractivity contribution in [3.63, 3.8) is 0 Å². The maximum Gasteiger partial charge on any atom is 0.0482 e. The molecule has 0 radical (unpaired) electrons. The molecule has 25 heavy (non-hydrogen) atoms. The Morgan fingerprint density at radius 1 is 1.28 bits per heavy atom. The zero-order chi connectivity index (χ0) is 19.1. The molecule has 0 aromatic heterocycles. The lowest BCUT2D eigenvalue weighted by molar-refractivity contribution is 0.119. The van der Waals surface area contributed by atoms with E-state index in [0.717, 1.165) is 25.6 Å². The first-order chi connectivity index (χ1) is 11.9. The lowest BCUT2D eigenvalue weighted by Crippen LogP contribution is -2.29. The van der Waals surface area contributed by atoms with E-state index in [-0.39, 0.29) is 5.41 Å². The first-order valence-electron chi connectivity index (χ1n) is 9.89. The van der Waals surface area contributed by atoms with E-state index >= 15 is 0 Å². The summed E-state index contributed by atoms with van der Waals surface area (Å²) < 4.78 is 0. The number of aliphatic imine (C=N–C) groups is 1. The Hall–Kier alpha value is -0.710. The third-order valence-corrected chi connectivity index (χ3v) is 4.86. The van der Waals surface area contributed by atoms with Gasteiger partial charge in [0, 0.05) is 39.5 Å². The van der Waals surface area contributed by atoms with Gasteiger partial charge >= 0.3 is 0 Å². The van der Waals surface area contributed by atoms with Crippen LogP contribution >= 0.6 is 0 Å². The van der Waals surface area contributed by atoms with E-state index in [1.54, 1.807) is 7.05 Å². The predicted octanol–water partition coefficient (Wildman–Crippen LogP) is 3.76. The van der Waals surface area contributed by atoms with Crippen molar-refractivity contribution in [3.05, 3.63) is 11.6 Å². The van der Waals surface area contributed by atoms with Crippen molar-refractivity contribution in [2.45, 2.75) is 59.3 Å². The third-order valence-electron chi connectivity index (χ3n) is 4.86. The van der Waals surface area contributed by atoms with E-state index in [0.29, 0.717) is 6.61 Å². The van der Waals surface area contributed by atoms with Crippen molar-refractivity contribution in [1.29, 1.82) is 0 Å². The highest BCUT2D eigenvalue weighted by atomic mass is 16.3. The minimum atomic E-state index is 0.155. The largest absolute Gasteiger partial charge is 0.396 e. The number of nitrogens with one attached hydrogen (secondary N) is 1. The molecular formula is C21H43N3O. The molecular weight excluding hydrogens is 310 g/mol. The fourth-order valence-electron chi connectivity index (χ4n) is 3.30. The second-order valence-electron chi connectivity index (χ2n) is 8.12. The summed E-state index contributed by atoms with van der Waals surface area (Å²) in [5.74, 6) is 0.890. The van der Waals surface area contributed by atoms with Gasteiger partial charge in [0.25, 0.3) is 0 Å². The van der Waals surface area contributed by atoms with Gasteiger partial charge in [0.2, 0.25) is 0 Å². The van der Waals surface area contributed by atoms with Gasteiger partial charge in [-0.15, -0.1) is 0 Å². The average molecular weight is 354 g/mol. The molecule has 0 saturated heterocycles. The van der Waals surface area contributed by atoms with Crippen molar-refractivity contribution in [3.8, 4) is 0 Å². The molecule has 0 unspecified atom stereocenters. The van der Waals surface area contributed by atoms with E-state index < -0.39 is 0 Å². The van der Waals surface area contributed by atoms with E-state index in [2.05, 4.69) is 42.2 Å². The zero-order valence-electron chi connectivity index (χ0n) is 17.6. The summed E-state index contributed by atoms with van der Waals surface area (Å²) in [5, 5.41) is 12.3. The van der Waals surface area contributed by atoms with Crippen molar-refractivity contribution < 1.29 is 5.11 Å². The molecule has 0 heterocycles. The van der Waals surface area contributed by atoms with Crippen LogP contribution in [0.4, 0.5) is 0 Å². The van der Waals surface area contributed by atoms with Crippen molar-refractivity contribution in [1.82, 2.24) is 10.2 Å². The summed E-state index contributed by atoms with van der Waals surface area (Å²) in [6, 6.07) is 0. The number of aliphatic hydroxyl groups excluding tert-OH is 1. The molecule has 0 aliphatic heterocycles. The Morgan fingerprint density at radius 2 is 1.92 bits per heavy atom. The van der Waals surface area contributed by atoms with Crippen molar-refractivity contribution in [2.75, 3.05) is 47.4 Å². The van der Waals surface area contributed by atoms with Gasteiger partial charge in [-0.3, -0.25) is 4.99 Å². The standard InChI is InChI=1S/C11H22O.C10H21N3/c1-11(2,9-12)8-10-6-4-3-5-7-10;1-5-10(8-12-3)9-13(4)7-6-11-2/h10,12H,3-9H2,1-2H3;5,8,11H,6-7,9H2,1-4H3/b;10-5+,12-8?. The Labute approximate surface area is 156 Å². The van der Waals surface area contributed by atoms with E-state index in [1.807, 2.05) is 20.2 Å². The quantitative estimate of drug-likeness (QED) is 0.621. The zero-order valence-corrected chi connectivity index (χ0v) is 17.6. The molecule has 148 valence electrons. The minimum absolute atomic E-state index is 0.155. The molecule has 0 bridgehead atoms. The topological polar surface area (TPSA) is 47.9 Å². The molecule has 0 aromatic rings. The highest BCUT2D eigenvalue weighted by Gasteiger charge is 2.23. The van der Waals surface area contributed by atoms with Crippen molar-refractivity contribution >= 4 is 6.21 Å². The number of allylic oxidation sites excluding steroid dienone is 1. The number of rotatable bonds is 9. The average Bonchev–Trinajstić information content (AvgIpc) is 2.60. The van der Waals surface area contributed by atoms with Crippen LogP contribution in [0.3, 0.4) is 0 Å². The number of hydrogen-bond donors (Lipinski definition) is 2. The molecule has 2 N–H and O–H groups in total. The lowest BCUT2D eigenvalue weighted by Gasteiger charge is -2.30. The minimum Gasteiger partial charge on any atom is -0.396 e. The first-order valence-corrected chi connectivity index (χ1v) is 9.89. The van der Waals surface area contributed by atoms with Gasteiger partial charge in [-0.1, -0.05) is 52.0 Å². The molecule has 0 spiro atoms. The molecule has 1 rings (SSSR count). The van der Waals surface area contributed by atoms with Crippen LogP contribution in [0, 0.1) is 11.3 Å². The molecule has 1 aliphatic carbocycles.